The van der Waals surface area contributed by atoms with Crippen molar-refractivity contribution in [1.82, 2.24) is 9.88 Å². The maximum atomic E-state index is 15.4. The van der Waals surface area contributed by atoms with Crippen molar-refractivity contribution >= 4 is 28.6 Å². The van der Waals surface area contributed by atoms with Crippen LogP contribution in [0.15, 0.2) is 47.5 Å². The minimum absolute atomic E-state index is 0.0112. The highest BCUT2D eigenvalue weighted by molar-refractivity contribution is 7.99. The van der Waals surface area contributed by atoms with Crippen LogP contribution >= 0.6 is 11.8 Å². The second-order valence-electron chi connectivity index (χ2n) is 9.20. The molecule has 198 valence electrons. The molecule has 2 aromatic carbocycles. The zero-order valence-corrected chi connectivity index (χ0v) is 21.1. The van der Waals surface area contributed by atoms with Crippen molar-refractivity contribution in [3.05, 3.63) is 65.6 Å². The minimum Gasteiger partial charge on any atom is -0.497 e. The number of fused-ring (bicyclic) bond motifs is 1. The van der Waals surface area contributed by atoms with Gasteiger partial charge in [-0.15, -0.1) is 11.8 Å². The molecular formula is C27H28F4N2O3S. The number of aliphatic carboxylic acids is 1. The van der Waals surface area contributed by atoms with Crippen LogP contribution in [0.25, 0.3) is 10.9 Å². The fraction of sp³-hybridized carbons (Fsp3) is 0.407. The fourth-order valence-electron chi connectivity index (χ4n) is 4.92. The number of carbonyl (C=O) groups is 1. The monoisotopic (exact) mass is 536 g/mol. The van der Waals surface area contributed by atoms with Crippen LogP contribution in [0.2, 0.25) is 0 Å². The molecule has 1 aliphatic heterocycles. The summed E-state index contributed by atoms with van der Waals surface area (Å²) < 4.78 is 62.0. The van der Waals surface area contributed by atoms with Gasteiger partial charge >= 0.3 is 5.97 Å². The van der Waals surface area contributed by atoms with E-state index in [4.69, 9.17) is 4.74 Å². The standard InChI is InChI=1S/C27H28F4N2O3S/c1-36-19-3-5-25-21(13-19)26(24(31)14-32-25)23(30)4-2-16-6-7-33(15-22(16)27(34)35)8-9-37-20-11-17(28)10-18(29)12-20/h3,5,10-14,16,22-23H,2,4,6-9,15H2,1H3,(H,34,35)/t16-,22+,23-/m0/s1. The molecule has 0 amide bonds. The predicted octanol–water partition coefficient (Wildman–Crippen LogP) is 6.27. The molecule has 1 fully saturated rings. The van der Waals surface area contributed by atoms with Gasteiger partial charge in [-0.3, -0.25) is 9.78 Å². The van der Waals surface area contributed by atoms with Gasteiger partial charge in [0.15, 0.2) is 0 Å². The molecule has 0 unspecified atom stereocenters. The normalized spacial score (nSPS) is 19.2. The highest BCUT2D eigenvalue weighted by atomic mass is 32.2. The number of hydrogen-bond acceptors (Lipinski definition) is 5. The van der Waals surface area contributed by atoms with Crippen LogP contribution in [0.5, 0.6) is 5.75 Å². The highest BCUT2D eigenvalue weighted by Crippen LogP contribution is 2.37. The van der Waals surface area contributed by atoms with Crippen LogP contribution in [0.4, 0.5) is 17.6 Å². The molecular weight excluding hydrogens is 508 g/mol. The summed E-state index contributed by atoms with van der Waals surface area (Å²) in [7, 11) is 1.47. The van der Waals surface area contributed by atoms with E-state index in [0.29, 0.717) is 59.8 Å². The van der Waals surface area contributed by atoms with Gasteiger partial charge in [0, 0.05) is 40.8 Å². The van der Waals surface area contributed by atoms with E-state index in [1.165, 1.54) is 31.0 Å². The second-order valence-corrected chi connectivity index (χ2v) is 10.4. The molecule has 0 spiro atoms. The Balaban J connectivity index is 1.36. The number of aromatic nitrogens is 1. The number of nitrogens with zero attached hydrogens (tertiary/aromatic N) is 2. The van der Waals surface area contributed by atoms with Gasteiger partial charge in [0.2, 0.25) is 0 Å². The Hall–Kier alpha value is -2.85. The number of hydrogen-bond donors (Lipinski definition) is 1. The molecule has 1 saturated heterocycles. The number of ether oxygens (including phenoxy) is 1. The van der Waals surface area contributed by atoms with Gasteiger partial charge in [-0.2, -0.15) is 0 Å². The quantitative estimate of drug-likeness (QED) is 0.244. The molecule has 1 aliphatic rings. The van der Waals surface area contributed by atoms with Gasteiger partial charge in [-0.25, -0.2) is 17.6 Å². The molecule has 1 aromatic heterocycles. The van der Waals surface area contributed by atoms with E-state index in [9.17, 15) is 23.1 Å². The third-order valence-corrected chi connectivity index (χ3v) is 7.80. The van der Waals surface area contributed by atoms with E-state index >= 15 is 4.39 Å². The van der Waals surface area contributed by atoms with Crippen molar-refractivity contribution < 1.29 is 32.2 Å². The number of alkyl halides is 1. The number of thioether (sulfide) groups is 1. The zero-order valence-electron chi connectivity index (χ0n) is 20.3. The van der Waals surface area contributed by atoms with Gasteiger partial charge < -0.3 is 14.7 Å². The number of pyridine rings is 1. The summed E-state index contributed by atoms with van der Waals surface area (Å²) in [5.74, 6) is -2.89. The first-order valence-electron chi connectivity index (χ1n) is 12.1. The SMILES string of the molecule is COc1ccc2ncc(F)c([C@@H](F)CC[C@H]3CCN(CCSc4cc(F)cc(F)c4)C[C@H]3C(=O)O)c2c1. The average molecular weight is 537 g/mol. The van der Waals surface area contributed by atoms with Crippen molar-refractivity contribution in [1.29, 1.82) is 0 Å². The lowest BCUT2D eigenvalue weighted by Crippen LogP contribution is -2.44. The molecule has 5 nitrogen and oxygen atoms in total. The van der Waals surface area contributed by atoms with E-state index < -0.39 is 35.5 Å². The molecule has 3 atom stereocenters. The van der Waals surface area contributed by atoms with Crippen LogP contribution in [-0.4, -0.2) is 53.5 Å². The predicted molar refractivity (Wildman–Crippen MR) is 134 cm³/mol. The lowest BCUT2D eigenvalue weighted by Gasteiger charge is -2.36. The molecule has 0 aliphatic carbocycles. The number of piperidine rings is 1. The van der Waals surface area contributed by atoms with E-state index in [2.05, 4.69) is 4.98 Å². The zero-order chi connectivity index (χ0) is 26.5. The molecule has 0 bridgehead atoms. The molecule has 2 heterocycles. The van der Waals surface area contributed by atoms with Crippen molar-refractivity contribution in [2.45, 2.75) is 30.3 Å². The Labute approximate surface area is 216 Å². The first-order chi connectivity index (χ1) is 17.7. The maximum Gasteiger partial charge on any atom is 0.308 e. The molecule has 0 radical (unpaired) electrons. The maximum absolute atomic E-state index is 15.4. The third kappa shape index (κ3) is 6.73. The Morgan fingerprint density at radius 3 is 2.68 bits per heavy atom. The summed E-state index contributed by atoms with van der Waals surface area (Å²) in [6, 6.07) is 8.21. The van der Waals surface area contributed by atoms with Crippen LogP contribution in [0.1, 0.15) is 31.0 Å². The number of halogens is 4. The smallest absolute Gasteiger partial charge is 0.308 e. The topological polar surface area (TPSA) is 62.7 Å². The summed E-state index contributed by atoms with van der Waals surface area (Å²) in [6.45, 7) is 1.49. The van der Waals surface area contributed by atoms with Gasteiger partial charge in [0.25, 0.3) is 0 Å². The third-order valence-electron chi connectivity index (χ3n) is 6.84. The van der Waals surface area contributed by atoms with Gasteiger partial charge in [-0.1, -0.05) is 0 Å². The first kappa shape index (κ1) is 27.2. The number of carboxylic acids is 1. The minimum atomic E-state index is -1.62. The number of carboxylic acid groups (broad SMARTS) is 1. The van der Waals surface area contributed by atoms with E-state index in [1.807, 2.05) is 4.90 Å². The van der Waals surface area contributed by atoms with Crippen LogP contribution < -0.4 is 4.74 Å². The van der Waals surface area contributed by atoms with E-state index in [-0.39, 0.29) is 17.9 Å². The Kier molecular flexibility index (Phi) is 8.91. The summed E-state index contributed by atoms with van der Waals surface area (Å²) in [5.41, 5.74) is 0.370. The van der Waals surface area contributed by atoms with Crippen molar-refractivity contribution in [3.8, 4) is 5.75 Å². The van der Waals surface area contributed by atoms with Gasteiger partial charge in [0.1, 0.15) is 29.4 Å². The van der Waals surface area contributed by atoms with Crippen molar-refractivity contribution in [3.63, 3.8) is 0 Å². The van der Waals surface area contributed by atoms with Crippen LogP contribution in [0, 0.1) is 29.3 Å². The van der Waals surface area contributed by atoms with Crippen LogP contribution in [0.3, 0.4) is 0 Å². The molecule has 37 heavy (non-hydrogen) atoms. The summed E-state index contributed by atoms with van der Waals surface area (Å²) >= 11 is 1.30. The largest absolute Gasteiger partial charge is 0.497 e. The lowest BCUT2D eigenvalue weighted by molar-refractivity contribution is -0.146. The lowest BCUT2D eigenvalue weighted by atomic mass is 9.81. The number of methoxy groups -OCH3 is 1. The average Bonchev–Trinajstić information content (AvgIpc) is 2.86. The molecule has 0 saturated carbocycles. The molecule has 10 heteroatoms. The van der Waals surface area contributed by atoms with Gasteiger partial charge in [0.05, 0.1) is 24.7 Å². The Morgan fingerprint density at radius 1 is 1.22 bits per heavy atom. The second kappa shape index (κ2) is 12.1. The Bertz CT molecular complexity index is 1240. The Morgan fingerprint density at radius 2 is 1.97 bits per heavy atom. The highest BCUT2D eigenvalue weighted by Gasteiger charge is 2.34. The summed E-state index contributed by atoms with van der Waals surface area (Å²) in [6.07, 6.45) is 0.245. The van der Waals surface area contributed by atoms with E-state index in [0.717, 1.165) is 12.3 Å². The first-order valence-corrected chi connectivity index (χ1v) is 13.0. The number of rotatable bonds is 10. The molecule has 1 N–H and O–H groups in total. The summed E-state index contributed by atoms with van der Waals surface area (Å²) in [4.78, 5) is 18.5. The van der Waals surface area contributed by atoms with Crippen LogP contribution in [-0.2, 0) is 4.79 Å². The molecule has 3 aromatic rings. The number of likely N-dealkylation sites (tertiary alicyclic amines) is 1. The number of benzene rings is 2. The molecule has 4 rings (SSSR count). The van der Waals surface area contributed by atoms with Gasteiger partial charge in [-0.05, 0) is 62.1 Å². The summed E-state index contributed by atoms with van der Waals surface area (Å²) in [5, 5.41) is 10.2. The van der Waals surface area contributed by atoms with Crippen molar-refractivity contribution in [2.24, 2.45) is 11.8 Å². The fourth-order valence-corrected chi connectivity index (χ4v) is 5.90. The van der Waals surface area contributed by atoms with E-state index in [1.54, 1.807) is 18.2 Å². The van der Waals surface area contributed by atoms with Crippen molar-refractivity contribution in [2.75, 3.05) is 32.5 Å².